The minimum Gasteiger partial charge on any atom is -0.473 e. The summed E-state index contributed by atoms with van der Waals surface area (Å²) < 4.78 is 5.65. The third-order valence-electron chi connectivity index (χ3n) is 3.64. The van der Waals surface area contributed by atoms with Gasteiger partial charge in [-0.1, -0.05) is 36.9 Å². The van der Waals surface area contributed by atoms with Crippen molar-refractivity contribution in [3.05, 3.63) is 65.9 Å². The number of ether oxygens (including phenoxy) is 1. The molecule has 0 aliphatic heterocycles. The number of benzene rings is 1. The molecule has 0 radical (unpaired) electrons. The van der Waals surface area contributed by atoms with Gasteiger partial charge in [0, 0.05) is 25.4 Å². The molecule has 0 N–H and O–H groups in total. The third-order valence-corrected chi connectivity index (χ3v) is 3.64. The number of rotatable bonds is 7. The molecular weight excluding hydrogens is 288 g/mol. The second kappa shape index (κ2) is 8.13. The summed E-state index contributed by atoms with van der Waals surface area (Å²) in [5, 5.41) is 0. The van der Waals surface area contributed by atoms with Gasteiger partial charge in [0.1, 0.15) is 6.61 Å². The molecule has 0 aliphatic rings. The summed E-state index contributed by atoms with van der Waals surface area (Å²) in [6, 6.07) is 11.5. The minimum atomic E-state index is -0.00550. The number of nitrogens with zero attached hydrogens (tertiary/aromatic N) is 2. The van der Waals surface area contributed by atoms with Gasteiger partial charge in [-0.3, -0.25) is 4.79 Å². The Bertz CT molecular complexity index is 644. The van der Waals surface area contributed by atoms with Crippen molar-refractivity contribution in [3.8, 4) is 5.88 Å². The van der Waals surface area contributed by atoms with E-state index in [4.69, 9.17) is 4.74 Å². The Hall–Kier alpha value is -2.62. The Morgan fingerprint density at radius 3 is 2.39 bits per heavy atom. The van der Waals surface area contributed by atoms with Crippen LogP contribution in [0.3, 0.4) is 0 Å². The zero-order valence-electron chi connectivity index (χ0n) is 13.7. The predicted octanol–water partition coefficient (Wildman–Crippen LogP) is 3.79. The summed E-state index contributed by atoms with van der Waals surface area (Å²) in [5.41, 5.74) is 2.71. The zero-order valence-corrected chi connectivity index (χ0v) is 13.7. The van der Waals surface area contributed by atoms with Crippen LogP contribution in [0.4, 0.5) is 0 Å². The average Bonchev–Trinajstić information content (AvgIpc) is 2.61. The van der Waals surface area contributed by atoms with E-state index in [0.29, 0.717) is 31.1 Å². The normalized spacial score (nSPS) is 10.2. The van der Waals surface area contributed by atoms with Crippen LogP contribution in [0, 0.1) is 0 Å². The molecule has 0 saturated carbocycles. The van der Waals surface area contributed by atoms with E-state index in [1.54, 1.807) is 29.3 Å². The van der Waals surface area contributed by atoms with E-state index < -0.39 is 0 Å². The van der Waals surface area contributed by atoms with Crippen LogP contribution in [0.5, 0.6) is 5.88 Å². The first kappa shape index (κ1) is 16.7. The molecule has 1 aromatic heterocycles. The van der Waals surface area contributed by atoms with E-state index in [2.05, 4.69) is 11.6 Å². The van der Waals surface area contributed by atoms with Crippen LogP contribution in [0.2, 0.25) is 0 Å². The summed E-state index contributed by atoms with van der Waals surface area (Å²) >= 11 is 0. The molecule has 23 heavy (non-hydrogen) atoms. The Kier molecular flexibility index (Phi) is 5.92. The predicted molar refractivity (Wildman–Crippen MR) is 92.4 cm³/mol. The molecule has 2 rings (SSSR count). The van der Waals surface area contributed by atoms with Crippen molar-refractivity contribution >= 4 is 12.0 Å². The van der Waals surface area contributed by atoms with Gasteiger partial charge in [0.2, 0.25) is 5.88 Å². The zero-order chi connectivity index (χ0) is 16.7. The summed E-state index contributed by atoms with van der Waals surface area (Å²) in [6.45, 7) is 9.47. The lowest BCUT2D eigenvalue weighted by atomic mass is 10.1. The van der Waals surface area contributed by atoms with Crippen molar-refractivity contribution in [1.29, 1.82) is 0 Å². The maximum atomic E-state index is 12.2. The average molecular weight is 310 g/mol. The second-order valence-corrected chi connectivity index (χ2v) is 5.10. The van der Waals surface area contributed by atoms with Crippen molar-refractivity contribution < 1.29 is 9.53 Å². The smallest absolute Gasteiger partial charge is 0.255 e. The SMILES string of the molecule is C=Cc1ccc(COc2ccc(C(=O)N(CC)CC)cn2)cc1. The van der Waals surface area contributed by atoms with Gasteiger partial charge in [-0.25, -0.2) is 4.98 Å². The first-order valence-corrected chi connectivity index (χ1v) is 7.77. The fourth-order valence-corrected chi connectivity index (χ4v) is 2.19. The minimum absolute atomic E-state index is 0.00550. The molecule has 1 heterocycles. The highest BCUT2D eigenvalue weighted by Gasteiger charge is 2.12. The van der Waals surface area contributed by atoms with E-state index in [9.17, 15) is 4.79 Å². The van der Waals surface area contributed by atoms with Gasteiger partial charge in [0.25, 0.3) is 5.91 Å². The van der Waals surface area contributed by atoms with Crippen LogP contribution >= 0.6 is 0 Å². The Morgan fingerprint density at radius 1 is 1.17 bits per heavy atom. The first-order chi connectivity index (χ1) is 11.2. The standard InChI is InChI=1S/C19H22N2O2/c1-4-15-7-9-16(10-8-15)14-23-18-12-11-17(13-20-18)19(22)21(5-2)6-3/h4,7-13H,1,5-6,14H2,2-3H3. The molecule has 0 aliphatic carbocycles. The monoisotopic (exact) mass is 310 g/mol. The van der Waals surface area contributed by atoms with Gasteiger partial charge in [0.05, 0.1) is 5.56 Å². The number of aromatic nitrogens is 1. The van der Waals surface area contributed by atoms with Gasteiger partial charge in [-0.15, -0.1) is 0 Å². The highest BCUT2D eigenvalue weighted by atomic mass is 16.5. The van der Waals surface area contributed by atoms with Gasteiger partial charge in [-0.05, 0) is 31.0 Å². The van der Waals surface area contributed by atoms with Crippen molar-refractivity contribution in [1.82, 2.24) is 9.88 Å². The molecule has 0 unspecified atom stereocenters. The summed E-state index contributed by atoms with van der Waals surface area (Å²) in [6.07, 6.45) is 3.37. The number of pyridine rings is 1. The van der Waals surface area contributed by atoms with Crippen LogP contribution in [0.1, 0.15) is 35.3 Å². The van der Waals surface area contributed by atoms with Crippen LogP contribution in [-0.4, -0.2) is 28.9 Å². The topological polar surface area (TPSA) is 42.4 Å². The summed E-state index contributed by atoms with van der Waals surface area (Å²) in [5.74, 6) is 0.503. The lowest BCUT2D eigenvalue weighted by Gasteiger charge is -2.18. The quantitative estimate of drug-likeness (QED) is 0.781. The Labute approximate surface area is 137 Å². The molecule has 0 saturated heterocycles. The molecule has 4 nitrogen and oxygen atoms in total. The van der Waals surface area contributed by atoms with Gasteiger partial charge in [-0.2, -0.15) is 0 Å². The molecule has 0 atom stereocenters. The van der Waals surface area contributed by atoms with Crippen LogP contribution in [0.15, 0.2) is 49.2 Å². The van der Waals surface area contributed by atoms with E-state index >= 15 is 0 Å². The van der Waals surface area contributed by atoms with Crippen molar-refractivity contribution in [3.63, 3.8) is 0 Å². The molecule has 2 aromatic rings. The molecular formula is C19H22N2O2. The molecule has 0 fully saturated rings. The summed E-state index contributed by atoms with van der Waals surface area (Å²) in [7, 11) is 0. The number of carbonyl (C=O) groups is 1. The maximum absolute atomic E-state index is 12.2. The van der Waals surface area contributed by atoms with Crippen molar-refractivity contribution in [2.45, 2.75) is 20.5 Å². The van der Waals surface area contributed by atoms with E-state index in [0.717, 1.165) is 11.1 Å². The molecule has 120 valence electrons. The highest BCUT2D eigenvalue weighted by Crippen LogP contribution is 2.13. The van der Waals surface area contributed by atoms with Crippen LogP contribution in [-0.2, 0) is 6.61 Å². The Morgan fingerprint density at radius 2 is 1.87 bits per heavy atom. The number of hydrogen-bond acceptors (Lipinski definition) is 3. The van der Waals surface area contributed by atoms with E-state index in [1.807, 2.05) is 38.1 Å². The lowest BCUT2D eigenvalue weighted by Crippen LogP contribution is -2.30. The second-order valence-electron chi connectivity index (χ2n) is 5.10. The van der Waals surface area contributed by atoms with Crippen LogP contribution in [0.25, 0.3) is 6.08 Å². The highest BCUT2D eigenvalue weighted by molar-refractivity contribution is 5.93. The van der Waals surface area contributed by atoms with Crippen molar-refractivity contribution in [2.24, 2.45) is 0 Å². The maximum Gasteiger partial charge on any atom is 0.255 e. The summed E-state index contributed by atoms with van der Waals surface area (Å²) in [4.78, 5) is 18.2. The van der Waals surface area contributed by atoms with E-state index in [-0.39, 0.29) is 5.91 Å². The molecule has 4 heteroatoms. The molecule has 1 amide bonds. The van der Waals surface area contributed by atoms with Gasteiger partial charge < -0.3 is 9.64 Å². The van der Waals surface area contributed by atoms with Gasteiger partial charge in [0.15, 0.2) is 0 Å². The van der Waals surface area contributed by atoms with Gasteiger partial charge >= 0.3 is 0 Å². The third kappa shape index (κ3) is 4.42. The molecule has 1 aromatic carbocycles. The number of amides is 1. The number of carbonyl (C=O) groups excluding carboxylic acids is 1. The molecule has 0 bridgehead atoms. The largest absolute Gasteiger partial charge is 0.473 e. The van der Waals surface area contributed by atoms with E-state index in [1.165, 1.54) is 0 Å². The molecule has 0 spiro atoms. The van der Waals surface area contributed by atoms with Crippen molar-refractivity contribution in [2.75, 3.05) is 13.1 Å². The fourth-order valence-electron chi connectivity index (χ4n) is 2.19. The fraction of sp³-hybridized carbons (Fsp3) is 0.263. The lowest BCUT2D eigenvalue weighted by molar-refractivity contribution is 0.0772. The Balaban J connectivity index is 1.96. The first-order valence-electron chi connectivity index (χ1n) is 7.77. The number of hydrogen-bond donors (Lipinski definition) is 0. The van der Waals surface area contributed by atoms with Crippen LogP contribution < -0.4 is 4.74 Å².